The second kappa shape index (κ2) is 6.66. The van der Waals surface area contributed by atoms with Gasteiger partial charge in [0.05, 0.1) is 17.5 Å². The summed E-state index contributed by atoms with van der Waals surface area (Å²) in [6.45, 7) is 6.96. The van der Waals surface area contributed by atoms with Crippen LogP contribution in [0.4, 0.5) is 11.4 Å². The molecule has 3 nitrogen and oxygen atoms in total. The van der Waals surface area contributed by atoms with Gasteiger partial charge in [0, 0.05) is 16.3 Å². The molecule has 2 rings (SSSR count). The van der Waals surface area contributed by atoms with Gasteiger partial charge in [-0.2, -0.15) is 0 Å². The first kappa shape index (κ1) is 14.7. The maximum absolute atomic E-state index is 6.14. The van der Waals surface area contributed by atoms with Crippen LogP contribution < -0.4 is 15.8 Å². The van der Waals surface area contributed by atoms with Crippen LogP contribution in [0.25, 0.3) is 0 Å². The van der Waals surface area contributed by atoms with E-state index in [9.17, 15) is 0 Å². The largest absolute Gasteiger partial charge is 0.489 e. The van der Waals surface area contributed by atoms with Crippen molar-refractivity contribution in [1.82, 2.24) is 0 Å². The van der Waals surface area contributed by atoms with E-state index in [1.807, 2.05) is 43.4 Å². The lowest BCUT2D eigenvalue weighted by Gasteiger charge is -2.15. The molecule has 0 saturated heterocycles. The van der Waals surface area contributed by atoms with Gasteiger partial charge in [0.2, 0.25) is 0 Å². The molecule has 0 saturated carbocycles. The molecule has 0 radical (unpaired) electrons. The van der Waals surface area contributed by atoms with E-state index >= 15 is 0 Å². The zero-order chi connectivity index (χ0) is 14.5. The fraction of sp³-hybridized carbons (Fsp3) is 0.375. The Morgan fingerprint density at radius 1 is 1.20 bits per heavy atom. The number of para-hydroxylation sites is 1. The summed E-state index contributed by atoms with van der Waals surface area (Å²) in [6, 6.07) is 10.2. The van der Waals surface area contributed by atoms with Crippen LogP contribution in [0.2, 0.25) is 0 Å². The Balaban J connectivity index is 2.05. The number of ether oxygens (including phenoxy) is 1. The predicted octanol–water partition coefficient (Wildman–Crippen LogP) is 4.29. The minimum atomic E-state index is 0.122. The average molecular weight is 290 g/mol. The first-order chi connectivity index (χ1) is 9.60. The Bertz CT molecular complexity index is 563. The van der Waals surface area contributed by atoms with Crippen molar-refractivity contribution < 1.29 is 4.74 Å². The van der Waals surface area contributed by atoms with Crippen LogP contribution in [0.3, 0.4) is 0 Å². The van der Waals surface area contributed by atoms with E-state index in [0.29, 0.717) is 5.69 Å². The van der Waals surface area contributed by atoms with Crippen molar-refractivity contribution in [2.75, 3.05) is 11.1 Å². The molecular formula is C16H22N2OS. The minimum absolute atomic E-state index is 0.122. The highest BCUT2D eigenvalue weighted by atomic mass is 32.1. The summed E-state index contributed by atoms with van der Waals surface area (Å²) in [5.74, 6) is 0.741. The van der Waals surface area contributed by atoms with Crippen molar-refractivity contribution >= 4 is 22.7 Å². The van der Waals surface area contributed by atoms with Crippen LogP contribution in [0, 0.1) is 0 Å². The Morgan fingerprint density at radius 3 is 2.60 bits per heavy atom. The van der Waals surface area contributed by atoms with Crippen LogP contribution in [-0.2, 0) is 13.0 Å². The second-order valence-electron chi connectivity index (χ2n) is 4.96. The highest BCUT2D eigenvalue weighted by molar-refractivity contribution is 7.12. The Labute approximate surface area is 124 Å². The van der Waals surface area contributed by atoms with E-state index in [-0.39, 0.29) is 6.10 Å². The molecule has 0 spiro atoms. The quantitative estimate of drug-likeness (QED) is 0.780. The number of hydrogen-bond acceptors (Lipinski definition) is 4. The average Bonchev–Trinajstić information content (AvgIpc) is 2.87. The van der Waals surface area contributed by atoms with Crippen LogP contribution >= 0.6 is 11.3 Å². The summed E-state index contributed by atoms with van der Waals surface area (Å²) >= 11 is 1.84. The third-order valence-electron chi connectivity index (χ3n) is 2.95. The summed E-state index contributed by atoms with van der Waals surface area (Å²) in [4.78, 5) is 2.73. The van der Waals surface area contributed by atoms with Gasteiger partial charge in [-0.15, -0.1) is 11.3 Å². The molecule has 0 aliphatic heterocycles. The summed E-state index contributed by atoms with van der Waals surface area (Å²) in [7, 11) is 0. The van der Waals surface area contributed by atoms with E-state index in [0.717, 1.165) is 24.4 Å². The lowest BCUT2D eigenvalue weighted by molar-refractivity contribution is 0.244. The zero-order valence-corrected chi connectivity index (χ0v) is 13.1. The van der Waals surface area contributed by atoms with Crippen LogP contribution in [0.1, 0.15) is 30.5 Å². The number of benzene rings is 1. The van der Waals surface area contributed by atoms with Crippen LogP contribution in [0.15, 0.2) is 30.3 Å². The molecule has 0 amide bonds. The van der Waals surface area contributed by atoms with E-state index in [4.69, 9.17) is 10.5 Å². The summed E-state index contributed by atoms with van der Waals surface area (Å²) in [5, 5.41) is 3.39. The third-order valence-corrected chi connectivity index (χ3v) is 4.18. The second-order valence-corrected chi connectivity index (χ2v) is 6.21. The molecule has 1 aromatic heterocycles. The number of aryl methyl sites for hydroxylation is 1. The Kier molecular flexibility index (Phi) is 4.90. The van der Waals surface area contributed by atoms with E-state index in [1.165, 1.54) is 9.75 Å². The highest BCUT2D eigenvalue weighted by Gasteiger charge is 2.07. The number of hydrogen-bond donors (Lipinski definition) is 2. The summed E-state index contributed by atoms with van der Waals surface area (Å²) in [5.41, 5.74) is 7.74. The standard InChI is InChI=1S/C16H22N2OS/c1-4-12-8-9-13(20-12)10-18-14-6-5-7-15(16(14)17)19-11(2)3/h5-9,11,18H,4,10,17H2,1-3H3. The maximum Gasteiger partial charge on any atom is 0.144 e. The van der Waals surface area contributed by atoms with Gasteiger partial charge in [-0.25, -0.2) is 0 Å². The number of nitrogens with one attached hydrogen (secondary N) is 1. The molecule has 3 N–H and O–H groups in total. The lowest BCUT2D eigenvalue weighted by Crippen LogP contribution is -2.09. The fourth-order valence-corrected chi connectivity index (χ4v) is 2.84. The fourth-order valence-electron chi connectivity index (χ4n) is 1.94. The molecule has 1 aromatic carbocycles. The third kappa shape index (κ3) is 3.67. The van der Waals surface area contributed by atoms with Crippen LogP contribution in [-0.4, -0.2) is 6.10 Å². The first-order valence-corrected chi connectivity index (χ1v) is 7.78. The van der Waals surface area contributed by atoms with Gasteiger partial charge < -0.3 is 15.8 Å². The van der Waals surface area contributed by atoms with Gasteiger partial charge in [-0.05, 0) is 44.5 Å². The van der Waals surface area contributed by atoms with Crippen LogP contribution in [0.5, 0.6) is 5.75 Å². The molecule has 1 heterocycles. The first-order valence-electron chi connectivity index (χ1n) is 6.96. The van der Waals surface area contributed by atoms with Crippen molar-refractivity contribution in [3.8, 4) is 5.75 Å². The number of nitrogens with two attached hydrogens (primary N) is 1. The van der Waals surface area contributed by atoms with E-state index in [1.54, 1.807) is 0 Å². The van der Waals surface area contributed by atoms with Crippen molar-refractivity contribution in [2.45, 2.75) is 39.8 Å². The minimum Gasteiger partial charge on any atom is -0.489 e. The van der Waals surface area contributed by atoms with Crippen molar-refractivity contribution in [3.63, 3.8) is 0 Å². The molecule has 4 heteroatoms. The predicted molar refractivity (Wildman–Crippen MR) is 87.6 cm³/mol. The van der Waals surface area contributed by atoms with E-state index < -0.39 is 0 Å². The summed E-state index contributed by atoms with van der Waals surface area (Å²) < 4.78 is 5.70. The van der Waals surface area contributed by atoms with Gasteiger partial charge in [0.25, 0.3) is 0 Å². The number of anilines is 2. The normalized spacial score (nSPS) is 10.8. The molecule has 2 aromatic rings. The number of nitrogen functional groups attached to an aromatic ring is 1. The smallest absolute Gasteiger partial charge is 0.144 e. The molecule has 0 fully saturated rings. The Morgan fingerprint density at radius 2 is 1.95 bits per heavy atom. The molecule has 0 aliphatic rings. The van der Waals surface area contributed by atoms with E-state index in [2.05, 4.69) is 24.4 Å². The molecule has 0 bridgehead atoms. The molecule has 0 aliphatic carbocycles. The molecule has 0 atom stereocenters. The maximum atomic E-state index is 6.14. The molecule has 20 heavy (non-hydrogen) atoms. The topological polar surface area (TPSA) is 47.3 Å². The molecule has 108 valence electrons. The zero-order valence-electron chi connectivity index (χ0n) is 12.3. The molecular weight excluding hydrogens is 268 g/mol. The van der Waals surface area contributed by atoms with Crippen molar-refractivity contribution in [2.24, 2.45) is 0 Å². The highest BCUT2D eigenvalue weighted by Crippen LogP contribution is 2.30. The van der Waals surface area contributed by atoms with Gasteiger partial charge in [0.1, 0.15) is 5.75 Å². The SMILES string of the molecule is CCc1ccc(CNc2cccc(OC(C)C)c2N)s1. The number of rotatable bonds is 6. The Hall–Kier alpha value is -1.68. The molecule has 0 unspecified atom stereocenters. The monoisotopic (exact) mass is 290 g/mol. The van der Waals surface area contributed by atoms with Gasteiger partial charge in [0.15, 0.2) is 0 Å². The van der Waals surface area contributed by atoms with Crippen molar-refractivity contribution in [1.29, 1.82) is 0 Å². The van der Waals surface area contributed by atoms with Gasteiger partial charge in [-0.1, -0.05) is 13.0 Å². The summed E-state index contributed by atoms with van der Waals surface area (Å²) in [6.07, 6.45) is 1.21. The van der Waals surface area contributed by atoms with Crippen molar-refractivity contribution in [3.05, 3.63) is 40.1 Å². The lowest BCUT2D eigenvalue weighted by atomic mass is 10.2. The van der Waals surface area contributed by atoms with Gasteiger partial charge in [-0.3, -0.25) is 0 Å². The van der Waals surface area contributed by atoms with Gasteiger partial charge >= 0.3 is 0 Å². The number of thiophene rings is 1.